The number of carbonyl (C=O) groups is 2. The van der Waals surface area contributed by atoms with Crippen molar-refractivity contribution >= 4 is 33.4 Å². The summed E-state index contributed by atoms with van der Waals surface area (Å²) in [5.74, 6) is -0.534. The highest BCUT2D eigenvalue weighted by atomic mass is 79.9. The zero-order valence-corrected chi connectivity index (χ0v) is 23.0. The Morgan fingerprint density at radius 2 is 1.58 bits per heavy atom. The minimum Gasteiger partial charge on any atom is -0.504 e. The lowest BCUT2D eigenvalue weighted by Gasteiger charge is -2.32. The first-order chi connectivity index (χ1) is 18.3. The molecule has 0 fully saturated rings. The van der Waals surface area contributed by atoms with Crippen molar-refractivity contribution in [2.24, 2.45) is 0 Å². The van der Waals surface area contributed by atoms with Gasteiger partial charge in [-0.2, -0.15) is 0 Å². The number of ether oxygens (including phenoxy) is 1. The minimum absolute atomic E-state index is 0.0565. The fourth-order valence-electron chi connectivity index (χ4n) is 4.36. The molecule has 0 aromatic heterocycles. The number of aromatic hydroxyl groups is 1. The van der Waals surface area contributed by atoms with Gasteiger partial charge in [0.1, 0.15) is 6.04 Å². The van der Waals surface area contributed by atoms with Crippen molar-refractivity contribution in [3.63, 3.8) is 0 Å². The van der Waals surface area contributed by atoms with Crippen LogP contribution in [-0.4, -0.2) is 28.9 Å². The molecule has 194 valence electrons. The molecule has 1 atom stereocenters. The van der Waals surface area contributed by atoms with E-state index in [1.165, 1.54) is 13.2 Å². The zero-order chi connectivity index (χ0) is 27.2. The van der Waals surface area contributed by atoms with Crippen molar-refractivity contribution in [2.75, 3.05) is 12.4 Å². The van der Waals surface area contributed by atoms with Crippen molar-refractivity contribution in [1.82, 2.24) is 4.90 Å². The summed E-state index contributed by atoms with van der Waals surface area (Å²) in [4.78, 5) is 29.7. The van der Waals surface area contributed by atoms with Gasteiger partial charge in [0.25, 0.3) is 11.8 Å². The van der Waals surface area contributed by atoms with E-state index in [1.807, 2.05) is 62.4 Å². The third kappa shape index (κ3) is 6.06. The lowest BCUT2D eigenvalue weighted by Crippen LogP contribution is -2.41. The number of halogens is 1. The molecule has 4 aromatic carbocycles. The van der Waals surface area contributed by atoms with Crippen LogP contribution in [0, 0.1) is 13.8 Å². The van der Waals surface area contributed by atoms with Gasteiger partial charge in [-0.15, -0.1) is 0 Å². The molecule has 0 bridgehead atoms. The molecule has 7 heteroatoms. The molecule has 2 amide bonds. The molecule has 2 N–H and O–H groups in total. The second-order valence-electron chi connectivity index (χ2n) is 9.02. The number of phenolic OH excluding ortho intramolecular Hbond substituents is 1. The first-order valence-corrected chi connectivity index (χ1v) is 12.9. The maximum atomic E-state index is 14.1. The van der Waals surface area contributed by atoms with Crippen molar-refractivity contribution in [3.05, 3.63) is 123 Å². The predicted octanol–water partition coefficient (Wildman–Crippen LogP) is 6.80. The quantitative estimate of drug-likeness (QED) is 0.243. The molecule has 0 aliphatic rings. The van der Waals surface area contributed by atoms with Crippen LogP contribution < -0.4 is 10.1 Å². The maximum absolute atomic E-state index is 14.1. The van der Waals surface area contributed by atoms with Gasteiger partial charge in [-0.25, -0.2) is 0 Å². The fourth-order valence-corrected chi connectivity index (χ4v) is 4.62. The second kappa shape index (κ2) is 12.0. The number of carbonyl (C=O) groups excluding carboxylic acids is 2. The number of nitrogens with zero attached hydrogens (tertiary/aromatic N) is 1. The van der Waals surface area contributed by atoms with E-state index in [1.54, 1.807) is 41.3 Å². The van der Waals surface area contributed by atoms with Gasteiger partial charge in [-0.1, -0.05) is 70.5 Å². The molecular weight excluding hydrogens is 544 g/mol. The number of nitrogens with one attached hydrogen (secondary N) is 1. The van der Waals surface area contributed by atoms with Crippen LogP contribution in [0.1, 0.15) is 38.7 Å². The van der Waals surface area contributed by atoms with Crippen LogP contribution in [0.3, 0.4) is 0 Å². The lowest BCUT2D eigenvalue weighted by atomic mass is 10.00. The van der Waals surface area contributed by atoms with Crippen LogP contribution in [0.2, 0.25) is 0 Å². The van der Waals surface area contributed by atoms with Crippen LogP contribution in [0.15, 0.2) is 95.5 Å². The summed E-state index contributed by atoms with van der Waals surface area (Å²) in [6, 6.07) is 26.0. The predicted molar refractivity (Wildman–Crippen MR) is 152 cm³/mol. The number of amides is 2. The van der Waals surface area contributed by atoms with E-state index in [0.29, 0.717) is 16.8 Å². The molecule has 1 unspecified atom stereocenters. The van der Waals surface area contributed by atoms with E-state index in [-0.39, 0.29) is 29.9 Å². The van der Waals surface area contributed by atoms with E-state index in [4.69, 9.17) is 4.74 Å². The van der Waals surface area contributed by atoms with Gasteiger partial charge in [-0.05, 0) is 72.5 Å². The first kappa shape index (κ1) is 26.9. The third-order valence-corrected chi connectivity index (χ3v) is 6.89. The number of hydrogen-bond acceptors (Lipinski definition) is 4. The summed E-state index contributed by atoms with van der Waals surface area (Å²) >= 11 is 3.42. The molecule has 4 rings (SSSR count). The van der Waals surface area contributed by atoms with Crippen LogP contribution in [0.5, 0.6) is 11.5 Å². The Morgan fingerprint density at radius 3 is 2.21 bits per heavy atom. The minimum atomic E-state index is -1.03. The highest BCUT2D eigenvalue weighted by molar-refractivity contribution is 9.10. The SMILES string of the molecule is COc1cc(C(C(=O)Nc2c(C)cccc2C)N(Cc2ccccc2)C(=O)c2ccc(Br)cc2)ccc1O. The van der Waals surface area contributed by atoms with Gasteiger partial charge >= 0.3 is 0 Å². The normalized spacial score (nSPS) is 11.5. The number of phenols is 1. The molecule has 0 heterocycles. The number of para-hydroxylation sites is 1. The number of methoxy groups -OCH3 is 1. The number of rotatable bonds is 8. The van der Waals surface area contributed by atoms with Crippen molar-refractivity contribution in [2.45, 2.75) is 26.4 Å². The van der Waals surface area contributed by atoms with Crippen molar-refractivity contribution in [1.29, 1.82) is 0 Å². The second-order valence-corrected chi connectivity index (χ2v) is 9.93. The Morgan fingerprint density at radius 1 is 0.921 bits per heavy atom. The summed E-state index contributed by atoms with van der Waals surface area (Å²) < 4.78 is 6.18. The Hall–Kier alpha value is -4.10. The molecule has 38 heavy (non-hydrogen) atoms. The van der Waals surface area contributed by atoms with Gasteiger partial charge in [0.05, 0.1) is 7.11 Å². The summed E-state index contributed by atoms with van der Waals surface area (Å²) in [7, 11) is 1.44. The molecule has 0 saturated heterocycles. The molecule has 0 spiro atoms. The van der Waals surface area contributed by atoms with Crippen LogP contribution in [0.4, 0.5) is 5.69 Å². The fraction of sp³-hybridized carbons (Fsp3) is 0.161. The van der Waals surface area contributed by atoms with E-state index in [9.17, 15) is 14.7 Å². The Kier molecular flexibility index (Phi) is 8.48. The zero-order valence-electron chi connectivity index (χ0n) is 21.4. The van der Waals surface area contributed by atoms with E-state index >= 15 is 0 Å². The summed E-state index contributed by atoms with van der Waals surface area (Å²) in [5, 5.41) is 13.3. The van der Waals surface area contributed by atoms with Gasteiger partial charge in [-0.3, -0.25) is 9.59 Å². The molecule has 0 radical (unpaired) electrons. The van der Waals surface area contributed by atoms with E-state index < -0.39 is 6.04 Å². The molecule has 0 aliphatic heterocycles. The average molecular weight is 573 g/mol. The largest absolute Gasteiger partial charge is 0.504 e. The van der Waals surface area contributed by atoms with E-state index in [0.717, 1.165) is 21.2 Å². The molecule has 4 aromatic rings. The number of hydrogen-bond donors (Lipinski definition) is 2. The third-order valence-electron chi connectivity index (χ3n) is 6.36. The number of anilines is 1. The van der Waals surface area contributed by atoms with Crippen LogP contribution in [-0.2, 0) is 11.3 Å². The Labute approximate surface area is 231 Å². The van der Waals surface area contributed by atoms with Crippen LogP contribution in [0.25, 0.3) is 0 Å². The smallest absolute Gasteiger partial charge is 0.255 e. The highest BCUT2D eigenvalue weighted by Gasteiger charge is 2.33. The number of aryl methyl sites for hydroxylation is 2. The highest BCUT2D eigenvalue weighted by Crippen LogP contribution is 2.34. The van der Waals surface area contributed by atoms with Gasteiger partial charge in [0.15, 0.2) is 11.5 Å². The topological polar surface area (TPSA) is 78.9 Å². The van der Waals surface area contributed by atoms with Crippen molar-refractivity contribution < 1.29 is 19.4 Å². The van der Waals surface area contributed by atoms with Gasteiger partial charge in [0.2, 0.25) is 0 Å². The number of benzene rings is 4. The summed E-state index contributed by atoms with van der Waals surface area (Å²) in [5.41, 5.74) is 4.34. The van der Waals surface area contributed by atoms with E-state index in [2.05, 4.69) is 21.2 Å². The lowest BCUT2D eigenvalue weighted by molar-refractivity contribution is -0.121. The molecule has 6 nitrogen and oxygen atoms in total. The summed E-state index contributed by atoms with van der Waals surface area (Å²) in [6.45, 7) is 4.04. The monoisotopic (exact) mass is 572 g/mol. The Bertz CT molecular complexity index is 1420. The maximum Gasteiger partial charge on any atom is 0.255 e. The van der Waals surface area contributed by atoms with Gasteiger partial charge in [0, 0.05) is 22.3 Å². The molecule has 0 aliphatic carbocycles. The summed E-state index contributed by atoms with van der Waals surface area (Å²) in [6.07, 6.45) is 0. The van der Waals surface area contributed by atoms with Gasteiger partial charge < -0.3 is 20.1 Å². The van der Waals surface area contributed by atoms with Crippen LogP contribution >= 0.6 is 15.9 Å². The molecule has 0 saturated carbocycles. The standard InChI is InChI=1S/C31H29BrN2O4/c1-20-8-7-9-21(2)28(20)33-30(36)29(24-14-17-26(35)27(18-24)38-3)34(19-22-10-5-4-6-11-22)31(37)23-12-15-25(32)16-13-23/h4-18,29,35H,19H2,1-3H3,(H,33,36). The average Bonchev–Trinajstić information content (AvgIpc) is 2.92. The molecular formula is C31H29BrN2O4. The first-order valence-electron chi connectivity index (χ1n) is 12.1. The van der Waals surface area contributed by atoms with Crippen molar-refractivity contribution in [3.8, 4) is 11.5 Å². The Balaban J connectivity index is 1.86.